The van der Waals surface area contributed by atoms with Gasteiger partial charge in [0.15, 0.2) is 0 Å². The number of halogens is 1. The van der Waals surface area contributed by atoms with Gasteiger partial charge in [-0.3, -0.25) is 15.2 Å². The van der Waals surface area contributed by atoms with Gasteiger partial charge in [-0.05, 0) is 12.5 Å². The van der Waals surface area contributed by atoms with Crippen molar-refractivity contribution < 1.29 is 4.92 Å². The van der Waals surface area contributed by atoms with Crippen molar-refractivity contribution in [1.29, 1.82) is 0 Å². The van der Waals surface area contributed by atoms with Crippen LogP contribution in [0, 0.1) is 17.0 Å². The van der Waals surface area contributed by atoms with E-state index in [-0.39, 0.29) is 5.69 Å². The number of nitro groups is 1. The molecule has 1 aromatic carbocycles. The lowest BCUT2D eigenvalue weighted by molar-refractivity contribution is -0.384. The maximum Gasteiger partial charge on any atom is 0.270 e. The number of thioether (sulfide) groups is 1. The van der Waals surface area contributed by atoms with Crippen LogP contribution in [0.5, 0.6) is 0 Å². The van der Waals surface area contributed by atoms with E-state index in [1.165, 1.54) is 23.9 Å². The number of rotatable bonds is 4. The number of aromatic nitrogens is 3. The third-order valence-electron chi connectivity index (χ3n) is 2.18. The van der Waals surface area contributed by atoms with Crippen LogP contribution in [-0.4, -0.2) is 20.1 Å². The van der Waals surface area contributed by atoms with Crippen LogP contribution in [0.25, 0.3) is 0 Å². The van der Waals surface area contributed by atoms with Crippen molar-refractivity contribution >= 4 is 33.4 Å². The fourth-order valence-corrected chi connectivity index (χ4v) is 2.84. The average Bonchev–Trinajstić information content (AvgIpc) is 2.73. The van der Waals surface area contributed by atoms with E-state index in [9.17, 15) is 10.1 Å². The number of aromatic amines is 1. The Balaban J connectivity index is 2.08. The Bertz CT molecular complexity index is 587. The molecule has 2 rings (SSSR count). The van der Waals surface area contributed by atoms with Crippen molar-refractivity contribution in [2.45, 2.75) is 17.8 Å². The molecule has 0 saturated heterocycles. The predicted octanol–water partition coefficient (Wildman–Crippen LogP) is 3.08. The Morgan fingerprint density at radius 1 is 1.56 bits per heavy atom. The van der Waals surface area contributed by atoms with Gasteiger partial charge in [0.25, 0.3) is 5.69 Å². The van der Waals surface area contributed by atoms with Crippen molar-refractivity contribution in [1.82, 2.24) is 15.2 Å². The number of non-ortho nitro benzene ring substituents is 1. The summed E-state index contributed by atoms with van der Waals surface area (Å²) in [7, 11) is 0. The minimum Gasteiger partial charge on any atom is -0.262 e. The topological polar surface area (TPSA) is 84.7 Å². The molecule has 0 atom stereocenters. The summed E-state index contributed by atoms with van der Waals surface area (Å²) in [5.41, 5.74) is 1.04. The zero-order chi connectivity index (χ0) is 13.1. The molecule has 2 aromatic rings. The quantitative estimate of drug-likeness (QED) is 0.529. The first kappa shape index (κ1) is 13.0. The molecule has 0 aliphatic carbocycles. The van der Waals surface area contributed by atoms with Crippen molar-refractivity contribution in [2.24, 2.45) is 0 Å². The molecule has 0 bridgehead atoms. The lowest BCUT2D eigenvalue weighted by atomic mass is 10.2. The van der Waals surface area contributed by atoms with Crippen molar-refractivity contribution in [2.75, 3.05) is 0 Å². The van der Waals surface area contributed by atoms with Crippen molar-refractivity contribution in [3.05, 3.63) is 44.2 Å². The summed E-state index contributed by atoms with van der Waals surface area (Å²) in [6.45, 7) is 1.83. The van der Waals surface area contributed by atoms with Crippen LogP contribution in [0.2, 0.25) is 0 Å². The first-order valence-electron chi connectivity index (χ1n) is 5.01. The molecular formula is C10H9BrN4O2S. The molecule has 0 spiro atoms. The van der Waals surface area contributed by atoms with E-state index >= 15 is 0 Å². The SMILES string of the molecule is Cc1nc(SCc2ccc([N+](=O)[O-])cc2Br)n[nH]1. The second-order valence-electron chi connectivity index (χ2n) is 3.52. The van der Waals surface area contributed by atoms with E-state index in [2.05, 4.69) is 31.1 Å². The maximum atomic E-state index is 10.6. The van der Waals surface area contributed by atoms with E-state index in [1.807, 2.05) is 6.92 Å². The highest BCUT2D eigenvalue weighted by Gasteiger charge is 2.10. The number of nitrogens with zero attached hydrogens (tertiary/aromatic N) is 3. The number of hydrogen-bond donors (Lipinski definition) is 1. The molecule has 6 nitrogen and oxygen atoms in total. The zero-order valence-corrected chi connectivity index (χ0v) is 11.8. The molecule has 0 saturated carbocycles. The van der Waals surface area contributed by atoms with Gasteiger partial charge in [0.2, 0.25) is 5.16 Å². The van der Waals surface area contributed by atoms with E-state index in [4.69, 9.17) is 0 Å². The molecule has 0 amide bonds. The molecule has 18 heavy (non-hydrogen) atoms. The van der Waals surface area contributed by atoms with Crippen LogP contribution in [0.1, 0.15) is 11.4 Å². The summed E-state index contributed by atoms with van der Waals surface area (Å²) in [4.78, 5) is 14.4. The minimum atomic E-state index is -0.416. The van der Waals surface area contributed by atoms with E-state index in [0.29, 0.717) is 10.9 Å². The van der Waals surface area contributed by atoms with Gasteiger partial charge in [-0.25, -0.2) is 4.98 Å². The second kappa shape index (κ2) is 5.49. The third-order valence-corrected chi connectivity index (χ3v) is 3.82. The van der Waals surface area contributed by atoms with Gasteiger partial charge in [-0.2, -0.15) is 0 Å². The number of nitro benzene ring substituents is 1. The van der Waals surface area contributed by atoms with Gasteiger partial charge in [0.05, 0.1) is 4.92 Å². The fraction of sp³-hybridized carbons (Fsp3) is 0.200. The summed E-state index contributed by atoms with van der Waals surface area (Å²) in [6.07, 6.45) is 0. The summed E-state index contributed by atoms with van der Waals surface area (Å²) in [5.74, 6) is 1.41. The zero-order valence-electron chi connectivity index (χ0n) is 9.38. The molecule has 0 aliphatic rings. The number of nitrogens with one attached hydrogen (secondary N) is 1. The number of H-pyrrole nitrogens is 1. The molecular weight excluding hydrogens is 320 g/mol. The number of aryl methyl sites for hydroxylation is 1. The molecule has 1 N–H and O–H groups in total. The summed E-state index contributed by atoms with van der Waals surface area (Å²) >= 11 is 4.80. The Morgan fingerprint density at radius 2 is 2.33 bits per heavy atom. The first-order chi connectivity index (χ1) is 8.56. The standard InChI is InChI=1S/C10H9BrN4O2S/c1-6-12-10(14-13-6)18-5-7-2-3-8(15(16)17)4-9(7)11/h2-4H,5H2,1H3,(H,12,13,14). The van der Waals surface area contributed by atoms with Gasteiger partial charge in [0.1, 0.15) is 5.82 Å². The fourth-order valence-electron chi connectivity index (χ4n) is 1.30. The summed E-state index contributed by atoms with van der Waals surface area (Å²) < 4.78 is 0.719. The monoisotopic (exact) mass is 328 g/mol. The Hall–Kier alpha value is -1.41. The molecule has 0 fully saturated rings. The summed E-state index contributed by atoms with van der Waals surface area (Å²) in [6, 6.07) is 4.72. The highest BCUT2D eigenvalue weighted by molar-refractivity contribution is 9.10. The van der Waals surface area contributed by atoms with Gasteiger partial charge in [-0.1, -0.05) is 33.8 Å². The number of hydrogen-bond acceptors (Lipinski definition) is 5. The maximum absolute atomic E-state index is 10.6. The van der Waals surface area contributed by atoms with E-state index < -0.39 is 4.92 Å². The second-order valence-corrected chi connectivity index (χ2v) is 5.32. The van der Waals surface area contributed by atoms with E-state index in [0.717, 1.165) is 15.9 Å². The Kier molecular flexibility index (Phi) is 3.97. The highest BCUT2D eigenvalue weighted by Crippen LogP contribution is 2.28. The largest absolute Gasteiger partial charge is 0.270 e. The average molecular weight is 329 g/mol. The van der Waals surface area contributed by atoms with Gasteiger partial charge >= 0.3 is 0 Å². The molecule has 0 unspecified atom stereocenters. The minimum absolute atomic E-state index is 0.0735. The molecule has 0 radical (unpaired) electrons. The highest BCUT2D eigenvalue weighted by atomic mass is 79.9. The number of benzene rings is 1. The molecule has 8 heteroatoms. The Morgan fingerprint density at radius 3 is 2.89 bits per heavy atom. The lowest BCUT2D eigenvalue weighted by Gasteiger charge is -2.02. The van der Waals surface area contributed by atoms with Crippen LogP contribution in [0.3, 0.4) is 0 Å². The van der Waals surface area contributed by atoms with Gasteiger partial charge in [-0.15, -0.1) is 5.10 Å². The van der Waals surface area contributed by atoms with Gasteiger partial charge in [0, 0.05) is 22.4 Å². The van der Waals surface area contributed by atoms with Crippen LogP contribution < -0.4 is 0 Å². The van der Waals surface area contributed by atoms with Gasteiger partial charge < -0.3 is 0 Å². The smallest absolute Gasteiger partial charge is 0.262 e. The molecule has 1 heterocycles. The Labute approximate surface area is 115 Å². The van der Waals surface area contributed by atoms with Crippen LogP contribution >= 0.6 is 27.7 Å². The normalized spacial score (nSPS) is 10.6. The molecule has 94 valence electrons. The summed E-state index contributed by atoms with van der Waals surface area (Å²) in [5, 5.41) is 18.0. The van der Waals surface area contributed by atoms with Crippen molar-refractivity contribution in [3.63, 3.8) is 0 Å². The van der Waals surface area contributed by atoms with Crippen LogP contribution in [-0.2, 0) is 5.75 Å². The van der Waals surface area contributed by atoms with Crippen LogP contribution in [0.4, 0.5) is 5.69 Å². The third kappa shape index (κ3) is 3.08. The van der Waals surface area contributed by atoms with Crippen molar-refractivity contribution in [3.8, 4) is 0 Å². The molecule has 1 aromatic heterocycles. The van der Waals surface area contributed by atoms with E-state index in [1.54, 1.807) is 6.07 Å². The molecule has 0 aliphatic heterocycles. The first-order valence-corrected chi connectivity index (χ1v) is 6.79. The van der Waals surface area contributed by atoms with Crippen LogP contribution in [0.15, 0.2) is 27.8 Å². The predicted molar refractivity (Wildman–Crippen MR) is 71.5 cm³/mol. The lowest BCUT2D eigenvalue weighted by Crippen LogP contribution is -1.90.